The summed E-state index contributed by atoms with van der Waals surface area (Å²) in [5.41, 5.74) is 1.76. The second-order valence-corrected chi connectivity index (χ2v) is 10.0. The van der Waals surface area contributed by atoms with Crippen molar-refractivity contribution in [3.63, 3.8) is 0 Å². The Hall–Kier alpha value is -3.84. The molecule has 0 heterocycles. The van der Waals surface area contributed by atoms with Crippen molar-refractivity contribution in [3.8, 4) is 23.3 Å². The first-order valence-electron chi connectivity index (χ1n) is 12.0. The van der Waals surface area contributed by atoms with Gasteiger partial charge >= 0.3 is 6.09 Å². The van der Waals surface area contributed by atoms with Gasteiger partial charge in [0, 0.05) is 6.42 Å². The Labute approximate surface area is 207 Å². The molecular weight excluding hydrogens is 440 g/mol. The van der Waals surface area contributed by atoms with E-state index in [4.69, 9.17) is 10.00 Å². The second kappa shape index (κ2) is 11.1. The lowest BCUT2D eigenvalue weighted by molar-refractivity contribution is -0.129. The average molecular weight is 473 g/mol. The van der Waals surface area contributed by atoms with Crippen LogP contribution in [0.25, 0.3) is 11.1 Å². The van der Waals surface area contributed by atoms with E-state index in [9.17, 15) is 14.9 Å². The van der Waals surface area contributed by atoms with Crippen LogP contribution in [0.4, 0.5) is 4.79 Å². The quantitative estimate of drug-likeness (QED) is 0.614. The van der Waals surface area contributed by atoms with Gasteiger partial charge < -0.3 is 15.4 Å². The third-order valence-electron chi connectivity index (χ3n) is 6.08. The summed E-state index contributed by atoms with van der Waals surface area (Å²) in [5, 5.41) is 24.4. The molecule has 7 nitrogen and oxygen atoms in total. The number of ether oxygens (including phenoxy) is 1. The van der Waals surface area contributed by atoms with Crippen molar-refractivity contribution in [2.45, 2.75) is 76.5 Å². The Morgan fingerprint density at radius 2 is 1.54 bits per heavy atom. The zero-order valence-corrected chi connectivity index (χ0v) is 20.6. The van der Waals surface area contributed by atoms with Gasteiger partial charge in [-0.15, -0.1) is 0 Å². The fraction of sp³-hybridized carbons (Fsp3) is 0.429. The van der Waals surface area contributed by atoms with E-state index in [1.165, 1.54) is 0 Å². The lowest BCUT2D eigenvalue weighted by Crippen LogP contribution is -2.61. The van der Waals surface area contributed by atoms with Crippen LogP contribution >= 0.6 is 0 Å². The van der Waals surface area contributed by atoms with E-state index in [0.717, 1.165) is 36.0 Å². The van der Waals surface area contributed by atoms with Gasteiger partial charge in [0.15, 0.2) is 0 Å². The molecule has 2 amide bonds. The third kappa shape index (κ3) is 7.07. The van der Waals surface area contributed by atoms with Crippen molar-refractivity contribution >= 4 is 12.0 Å². The molecule has 1 fully saturated rings. The number of alkyl carbamates (subject to hydrolysis) is 1. The third-order valence-corrected chi connectivity index (χ3v) is 6.08. The Morgan fingerprint density at radius 3 is 2.06 bits per heavy atom. The summed E-state index contributed by atoms with van der Waals surface area (Å²) in [6, 6.07) is 18.7. The fourth-order valence-electron chi connectivity index (χ4n) is 4.29. The van der Waals surface area contributed by atoms with Crippen LogP contribution < -0.4 is 10.6 Å². The molecule has 0 aliphatic heterocycles. The van der Waals surface area contributed by atoms with E-state index in [-0.39, 0.29) is 5.91 Å². The number of benzene rings is 2. The number of nitriles is 2. The molecule has 1 atom stereocenters. The lowest BCUT2D eigenvalue weighted by atomic mass is 9.80. The first-order valence-corrected chi connectivity index (χ1v) is 12.0. The molecule has 0 radical (unpaired) electrons. The maximum absolute atomic E-state index is 13.3. The number of rotatable bonds is 6. The lowest BCUT2D eigenvalue weighted by Gasteiger charge is -2.37. The van der Waals surface area contributed by atoms with E-state index in [0.29, 0.717) is 24.8 Å². The van der Waals surface area contributed by atoms with Crippen LogP contribution in [-0.4, -0.2) is 29.2 Å². The van der Waals surface area contributed by atoms with Gasteiger partial charge in [-0.05, 0) is 62.4 Å². The van der Waals surface area contributed by atoms with Gasteiger partial charge in [0.25, 0.3) is 0 Å². The highest BCUT2D eigenvalue weighted by Crippen LogP contribution is 2.29. The number of carbonyl (C=O) groups is 2. The topological polar surface area (TPSA) is 115 Å². The van der Waals surface area contributed by atoms with Gasteiger partial charge in [-0.2, -0.15) is 10.5 Å². The largest absolute Gasteiger partial charge is 0.444 e. The molecule has 0 aromatic heterocycles. The molecule has 2 aromatic rings. The number of hydrogen-bond acceptors (Lipinski definition) is 5. The Morgan fingerprint density at radius 1 is 0.971 bits per heavy atom. The Balaban J connectivity index is 1.67. The van der Waals surface area contributed by atoms with Crippen molar-refractivity contribution in [1.29, 1.82) is 10.5 Å². The highest BCUT2D eigenvalue weighted by molar-refractivity contribution is 5.90. The molecule has 0 unspecified atom stereocenters. The summed E-state index contributed by atoms with van der Waals surface area (Å²) in [4.78, 5) is 25.8. The van der Waals surface area contributed by atoms with Gasteiger partial charge in [0.1, 0.15) is 17.2 Å². The highest BCUT2D eigenvalue weighted by Gasteiger charge is 2.42. The molecule has 2 aromatic carbocycles. The molecule has 182 valence electrons. The minimum absolute atomic E-state index is 0.344. The van der Waals surface area contributed by atoms with Crippen molar-refractivity contribution < 1.29 is 14.3 Å². The van der Waals surface area contributed by atoms with Crippen LogP contribution in [0.15, 0.2) is 48.5 Å². The number of amides is 2. The second-order valence-electron chi connectivity index (χ2n) is 10.0. The summed E-state index contributed by atoms with van der Waals surface area (Å²) >= 11 is 0. The van der Waals surface area contributed by atoms with Crippen molar-refractivity contribution in [3.05, 3.63) is 59.7 Å². The number of carbonyl (C=O) groups excluding carboxylic acids is 2. The van der Waals surface area contributed by atoms with Gasteiger partial charge in [-0.25, -0.2) is 4.79 Å². The van der Waals surface area contributed by atoms with Gasteiger partial charge in [0.2, 0.25) is 5.91 Å². The molecule has 2 N–H and O–H groups in total. The van der Waals surface area contributed by atoms with Gasteiger partial charge in [-0.1, -0.05) is 55.7 Å². The van der Waals surface area contributed by atoms with E-state index < -0.39 is 23.3 Å². The summed E-state index contributed by atoms with van der Waals surface area (Å²) < 4.78 is 5.39. The summed E-state index contributed by atoms with van der Waals surface area (Å²) in [6.07, 6.45) is 3.37. The van der Waals surface area contributed by atoms with Crippen molar-refractivity contribution in [2.24, 2.45) is 0 Å². The predicted molar refractivity (Wildman–Crippen MR) is 133 cm³/mol. The molecular formula is C28H32N4O3. The molecule has 3 rings (SSSR count). The normalized spacial score (nSPS) is 15.7. The number of hydrogen-bond donors (Lipinski definition) is 2. The Bertz CT molecular complexity index is 1110. The summed E-state index contributed by atoms with van der Waals surface area (Å²) in [7, 11) is 0. The molecule has 0 saturated heterocycles. The molecule has 0 bridgehead atoms. The van der Waals surface area contributed by atoms with Crippen LogP contribution in [0.3, 0.4) is 0 Å². The van der Waals surface area contributed by atoms with Crippen LogP contribution in [-0.2, 0) is 16.0 Å². The first-order chi connectivity index (χ1) is 16.6. The molecule has 1 aliphatic carbocycles. The summed E-state index contributed by atoms with van der Waals surface area (Å²) in [6.45, 7) is 5.33. The molecule has 35 heavy (non-hydrogen) atoms. The zero-order valence-electron chi connectivity index (χ0n) is 20.6. The van der Waals surface area contributed by atoms with Crippen LogP contribution in [0.2, 0.25) is 0 Å². The predicted octanol–water partition coefficient (Wildman–Crippen LogP) is 5.00. The van der Waals surface area contributed by atoms with Gasteiger partial charge in [0.05, 0.1) is 17.7 Å². The first kappa shape index (κ1) is 25.8. The monoisotopic (exact) mass is 472 g/mol. The van der Waals surface area contributed by atoms with E-state index in [1.54, 1.807) is 32.9 Å². The standard InChI is InChI=1S/C28H32N4O3/c1-27(2,3)35-26(34)32-28(15-5-4-6-16-28)25(33)31-24(19-30)17-20-7-11-22(12-8-20)23-13-9-21(18-29)10-14-23/h7-14,24H,4-6,15-17H2,1-3H3,(H,31,33)(H,32,34)/t24-/m0/s1. The maximum Gasteiger partial charge on any atom is 0.408 e. The summed E-state index contributed by atoms with van der Waals surface area (Å²) in [5.74, 6) is -0.344. The fourth-order valence-corrected chi connectivity index (χ4v) is 4.29. The van der Waals surface area contributed by atoms with Crippen LogP contribution in [0.5, 0.6) is 0 Å². The molecule has 0 spiro atoms. The number of nitrogens with zero attached hydrogens (tertiary/aromatic N) is 2. The van der Waals surface area contributed by atoms with E-state index in [1.807, 2.05) is 36.4 Å². The van der Waals surface area contributed by atoms with Gasteiger partial charge in [-0.3, -0.25) is 4.79 Å². The van der Waals surface area contributed by atoms with Crippen LogP contribution in [0.1, 0.15) is 64.0 Å². The van der Waals surface area contributed by atoms with Crippen molar-refractivity contribution in [2.75, 3.05) is 0 Å². The molecule has 1 saturated carbocycles. The molecule has 7 heteroatoms. The average Bonchev–Trinajstić information content (AvgIpc) is 2.83. The minimum atomic E-state index is -1.07. The Kier molecular flexibility index (Phi) is 8.14. The van der Waals surface area contributed by atoms with E-state index in [2.05, 4.69) is 22.8 Å². The SMILES string of the molecule is CC(C)(C)OC(=O)NC1(C(=O)N[C@H](C#N)Cc2ccc(-c3ccc(C#N)cc3)cc2)CCCCC1. The zero-order chi connectivity index (χ0) is 25.5. The molecule has 1 aliphatic rings. The van der Waals surface area contributed by atoms with Crippen LogP contribution in [0, 0.1) is 22.7 Å². The highest BCUT2D eigenvalue weighted by atomic mass is 16.6. The van der Waals surface area contributed by atoms with Crippen molar-refractivity contribution in [1.82, 2.24) is 10.6 Å². The van der Waals surface area contributed by atoms with E-state index >= 15 is 0 Å². The maximum atomic E-state index is 13.3. The smallest absolute Gasteiger partial charge is 0.408 e. The number of nitrogens with one attached hydrogen (secondary N) is 2. The minimum Gasteiger partial charge on any atom is -0.444 e.